The zero-order valence-corrected chi connectivity index (χ0v) is 12.4. The number of aliphatic carboxylic acids is 1. The molecular weight excluding hydrogens is 266 g/mol. The van der Waals surface area contributed by atoms with Gasteiger partial charge in [0.05, 0.1) is 5.75 Å². The van der Waals surface area contributed by atoms with Gasteiger partial charge in [-0.3, -0.25) is 9.00 Å². The van der Waals surface area contributed by atoms with Crippen molar-refractivity contribution in [1.29, 1.82) is 0 Å². The minimum absolute atomic E-state index is 0.00993. The second-order valence-electron chi connectivity index (χ2n) is 5.20. The maximum atomic E-state index is 12.3. The molecule has 6 heteroatoms. The molecule has 0 aliphatic heterocycles. The van der Waals surface area contributed by atoms with Gasteiger partial charge < -0.3 is 10.4 Å². The fraction of sp³-hybridized carbons (Fsp3) is 0.846. The summed E-state index contributed by atoms with van der Waals surface area (Å²) < 4.78 is 12.3. The summed E-state index contributed by atoms with van der Waals surface area (Å²) in [5.41, 5.74) is 0. The molecule has 3 unspecified atom stereocenters. The van der Waals surface area contributed by atoms with Crippen molar-refractivity contribution in [2.75, 3.05) is 5.75 Å². The number of hydrogen-bond acceptors (Lipinski definition) is 3. The molecule has 1 aliphatic carbocycles. The molecular formula is C13H23NO4S. The van der Waals surface area contributed by atoms with Crippen LogP contribution in [0.5, 0.6) is 0 Å². The first kappa shape index (κ1) is 16.1. The second kappa shape index (κ2) is 7.62. The second-order valence-corrected chi connectivity index (χ2v) is 6.96. The van der Waals surface area contributed by atoms with Gasteiger partial charge in [-0.15, -0.1) is 0 Å². The van der Waals surface area contributed by atoms with Crippen molar-refractivity contribution in [1.82, 2.24) is 5.32 Å². The lowest BCUT2D eigenvalue weighted by Crippen LogP contribution is -2.45. The zero-order valence-electron chi connectivity index (χ0n) is 11.6. The molecule has 1 rings (SSSR count). The third-order valence-electron chi connectivity index (χ3n) is 3.69. The molecule has 4 atom stereocenters. The van der Waals surface area contributed by atoms with Crippen molar-refractivity contribution in [3.63, 3.8) is 0 Å². The van der Waals surface area contributed by atoms with E-state index in [1.807, 2.05) is 0 Å². The summed E-state index contributed by atoms with van der Waals surface area (Å²) in [6.07, 6.45) is 5.14. The molecule has 19 heavy (non-hydrogen) atoms. The first-order valence-corrected chi connectivity index (χ1v) is 8.19. The number of carbonyl (C=O) groups excluding carboxylic acids is 1. The number of rotatable bonds is 6. The van der Waals surface area contributed by atoms with Gasteiger partial charge in [0.2, 0.25) is 5.91 Å². The van der Waals surface area contributed by atoms with Crippen molar-refractivity contribution < 1.29 is 18.9 Å². The van der Waals surface area contributed by atoms with Gasteiger partial charge in [-0.05, 0) is 18.8 Å². The third kappa shape index (κ3) is 5.30. The normalized spacial score (nSPS) is 26.4. The molecule has 0 saturated heterocycles. The standard InChI is InChI=1S/C13H23NO4S/c1-3-10-5-4-6-11(7-10)19(18)8-12(13(16)17)14-9(2)15/h10-12H,3-8H2,1-2H3,(H,14,15)(H,16,17)/t10?,11?,12-,19?/m0/s1. The minimum atomic E-state index is -1.19. The predicted molar refractivity (Wildman–Crippen MR) is 74.3 cm³/mol. The Morgan fingerprint density at radius 2 is 2.11 bits per heavy atom. The van der Waals surface area contributed by atoms with Gasteiger partial charge in [-0.25, -0.2) is 4.79 Å². The number of nitrogens with one attached hydrogen (secondary N) is 1. The van der Waals surface area contributed by atoms with E-state index < -0.39 is 28.7 Å². The van der Waals surface area contributed by atoms with Crippen molar-refractivity contribution in [2.24, 2.45) is 5.92 Å². The zero-order chi connectivity index (χ0) is 14.4. The number of carboxylic acids is 1. The van der Waals surface area contributed by atoms with Crippen molar-refractivity contribution in [3.8, 4) is 0 Å². The highest BCUT2D eigenvalue weighted by Crippen LogP contribution is 2.29. The predicted octanol–water partition coefficient (Wildman–Crippen LogP) is 1.29. The molecule has 5 nitrogen and oxygen atoms in total. The summed E-state index contributed by atoms with van der Waals surface area (Å²) in [7, 11) is -1.19. The van der Waals surface area contributed by atoms with Gasteiger partial charge in [0.1, 0.15) is 6.04 Å². The van der Waals surface area contributed by atoms with Gasteiger partial charge >= 0.3 is 5.97 Å². The molecule has 1 aliphatic rings. The van der Waals surface area contributed by atoms with Crippen LogP contribution in [0.4, 0.5) is 0 Å². The van der Waals surface area contributed by atoms with Crippen molar-refractivity contribution in [3.05, 3.63) is 0 Å². The highest BCUT2D eigenvalue weighted by atomic mass is 32.2. The highest BCUT2D eigenvalue weighted by molar-refractivity contribution is 7.85. The lowest BCUT2D eigenvalue weighted by atomic mass is 9.87. The number of hydrogen-bond donors (Lipinski definition) is 2. The average molecular weight is 289 g/mol. The fourth-order valence-corrected chi connectivity index (χ4v) is 4.31. The quantitative estimate of drug-likeness (QED) is 0.772. The molecule has 2 N–H and O–H groups in total. The molecule has 1 fully saturated rings. The van der Waals surface area contributed by atoms with Crippen LogP contribution >= 0.6 is 0 Å². The van der Waals surface area contributed by atoms with Gasteiger partial charge in [-0.2, -0.15) is 0 Å². The van der Waals surface area contributed by atoms with Crippen LogP contribution in [0.1, 0.15) is 46.0 Å². The Morgan fingerprint density at radius 3 is 2.63 bits per heavy atom. The van der Waals surface area contributed by atoms with E-state index in [1.54, 1.807) is 0 Å². The smallest absolute Gasteiger partial charge is 0.327 e. The van der Waals surface area contributed by atoms with Crippen LogP contribution in [0.15, 0.2) is 0 Å². The molecule has 0 radical (unpaired) electrons. The molecule has 1 amide bonds. The van der Waals surface area contributed by atoms with E-state index in [0.29, 0.717) is 5.92 Å². The molecule has 1 saturated carbocycles. The van der Waals surface area contributed by atoms with E-state index in [9.17, 15) is 13.8 Å². The van der Waals surface area contributed by atoms with Crippen LogP contribution < -0.4 is 5.32 Å². The average Bonchev–Trinajstić information content (AvgIpc) is 2.37. The van der Waals surface area contributed by atoms with Crippen LogP contribution in [0, 0.1) is 5.92 Å². The van der Waals surface area contributed by atoms with E-state index in [-0.39, 0.29) is 11.0 Å². The lowest BCUT2D eigenvalue weighted by molar-refractivity contribution is -0.140. The van der Waals surface area contributed by atoms with E-state index in [4.69, 9.17) is 5.11 Å². The van der Waals surface area contributed by atoms with E-state index in [1.165, 1.54) is 13.3 Å². The van der Waals surface area contributed by atoms with E-state index >= 15 is 0 Å². The molecule has 0 spiro atoms. The lowest BCUT2D eigenvalue weighted by Gasteiger charge is -2.28. The summed E-state index contributed by atoms with van der Waals surface area (Å²) in [5.74, 6) is -0.909. The Labute approximate surface area is 116 Å². The first-order chi connectivity index (χ1) is 8.93. The van der Waals surface area contributed by atoms with Gasteiger partial charge in [0.25, 0.3) is 0 Å². The fourth-order valence-electron chi connectivity index (χ4n) is 2.57. The molecule has 110 valence electrons. The van der Waals surface area contributed by atoms with Crippen LogP contribution in [0.25, 0.3) is 0 Å². The number of carbonyl (C=O) groups is 2. The maximum Gasteiger partial charge on any atom is 0.327 e. The SMILES string of the molecule is CCC1CCCC(S(=O)C[C@H](NC(C)=O)C(=O)O)C1. The highest BCUT2D eigenvalue weighted by Gasteiger charge is 2.29. The Morgan fingerprint density at radius 1 is 1.42 bits per heavy atom. The topological polar surface area (TPSA) is 83.5 Å². The van der Waals surface area contributed by atoms with Crippen LogP contribution in [0.2, 0.25) is 0 Å². The summed E-state index contributed by atoms with van der Waals surface area (Å²) >= 11 is 0. The van der Waals surface area contributed by atoms with Crippen LogP contribution in [0.3, 0.4) is 0 Å². The number of carboxylic acid groups (broad SMARTS) is 1. The summed E-state index contributed by atoms with van der Waals surface area (Å²) in [5, 5.41) is 11.4. The molecule has 0 bridgehead atoms. The van der Waals surface area contributed by atoms with Crippen LogP contribution in [-0.4, -0.2) is 38.2 Å². The monoisotopic (exact) mass is 289 g/mol. The summed E-state index contributed by atoms with van der Waals surface area (Å²) in [6.45, 7) is 3.40. The van der Waals surface area contributed by atoms with Gasteiger partial charge in [0, 0.05) is 23.0 Å². The van der Waals surface area contributed by atoms with Crippen molar-refractivity contribution >= 4 is 22.7 Å². The minimum Gasteiger partial charge on any atom is -0.480 e. The third-order valence-corrected chi connectivity index (χ3v) is 5.52. The summed E-state index contributed by atoms with van der Waals surface area (Å²) in [6, 6.07) is -1.04. The van der Waals surface area contributed by atoms with Gasteiger partial charge in [0.15, 0.2) is 0 Å². The van der Waals surface area contributed by atoms with E-state index in [0.717, 1.165) is 25.7 Å². The maximum absolute atomic E-state index is 12.3. The Balaban J connectivity index is 2.56. The number of amides is 1. The molecule has 0 aromatic rings. The largest absolute Gasteiger partial charge is 0.480 e. The Kier molecular flexibility index (Phi) is 6.48. The summed E-state index contributed by atoms with van der Waals surface area (Å²) in [4.78, 5) is 22.0. The van der Waals surface area contributed by atoms with Crippen molar-refractivity contribution in [2.45, 2.75) is 57.2 Å². The molecule has 0 aromatic heterocycles. The Hall–Kier alpha value is -0.910. The molecule has 0 heterocycles. The molecule has 0 aromatic carbocycles. The van der Waals surface area contributed by atoms with Gasteiger partial charge in [-0.1, -0.05) is 26.2 Å². The van der Waals surface area contributed by atoms with E-state index in [2.05, 4.69) is 12.2 Å². The Bertz CT molecular complexity index is 359. The van der Waals surface area contributed by atoms with Crippen LogP contribution in [-0.2, 0) is 20.4 Å². The first-order valence-electron chi connectivity index (χ1n) is 6.81.